The van der Waals surface area contributed by atoms with Gasteiger partial charge in [0.1, 0.15) is 17.2 Å². The average Bonchev–Trinajstić information content (AvgIpc) is 3.60. The molecule has 2 aromatic carbocycles. The number of nitrogens with one attached hydrogen (secondary N) is 1. The maximum atomic E-state index is 13.6. The van der Waals surface area contributed by atoms with Crippen LogP contribution in [-0.4, -0.2) is 59.7 Å². The van der Waals surface area contributed by atoms with Gasteiger partial charge in [0.15, 0.2) is 0 Å². The van der Waals surface area contributed by atoms with Gasteiger partial charge in [-0.15, -0.1) is 11.8 Å². The van der Waals surface area contributed by atoms with Gasteiger partial charge in [-0.05, 0) is 48.7 Å². The first-order valence-corrected chi connectivity index (χ1v) is 13.3. The van der Waals surface area contributed by atoms with Crippen molar-refractivity contribution in [2.45, 2.75) is 36.8 Å². The molecule has 2 atom stereocenters. The maximum absolute atomic E-state index is 13.6. The Bertz CT molecular complexity index is 1150. The predicted octanol–water partition coefficient (Wildman–Crippen LogP) is 4.33. The minimum absolute atomic E-state index is 0.0862. The second-order valence-electron chi connectivity index (χ2n) is 9.24. The number of methoxy groups -OCH3 is 1. The van der Waals surface area contributed by atoms with E-state index in [0.717, 1.165) is 38.0 Å². The molecule has 0 saturated carbocycles. The van der Waals surface area contributed by atoms with Crippen molar-refractivity contribution in [1.82, 2.24) is 15.1 Å². The first-order valence-electron chi connectivity index (χ1n) is 12.3. The monoisotopic (exact) mass is 505 g/mol. The number of thioether (sulfide) groups is 1. The number of hydrogen-bond acceptors (Lipinski definition) is 6. The Kier molecular flexibility index (Phi) is 7.63. The van der Waals surface area contributed by atoms with Gasteiger partial charge in [-0.2, -0.15) is 0 Å². The highest BCUT2D eigenvalue weighted by molar-refractivity contribution is 7.99. The molecule has 2 fully saturated rings. The van der Waals surface area contributed by atoms with Crippen molar-refractivity contribution >= 4 is 23.6 Å². The summed E-state index contributed by atoms with van der Waals surface area (Å²) in [6, 6.07) is 18.9. The molecule has 0 aliphatic carbocycles. The molecule has 0 bridgehead atoms. The van der Waals surface area contributed by atoms with Crippen molar-refractivity contribution in [3.05, 3.63) is 89.9 Å². The lowest BCUT2D eigenvalue weighted by molar-refractivity contribution is -0.125. The number of nitrogens with zero attached hydrogens (tertiary/aromatic N) is 2. The number of rotatable bonds is 7. The van der Waals surface area contributed by atoms with E-state index in [1.807, 2.05) is 12.1 Å². The molecule has 0 radical (unpaired) electrons. The summed E-state index contributed by atoms with van der Waals surface area (Å²) in [5.41, 5.74) is 2.71. The fourth-order valence-corrected chi connectivity index (χ4v) is 6.29. The largest absolute Gasteiger partial charge is 0.497 e. The highest BCUT2D eigenvalue weighted by Gasteiger charge is 2.43. The van der Waals surface area contributed by atoms with Gasteiger partial charge in [0.05, 0.1) is 19.6 Å². The number of benzene rings is 2. The van der Waals surface area contributed by atoms with E-state index in [1.165, 1.54) is 5.56 Å². The smallest absolute Gasteiger partial charge is 0.255 e. The Hall–Kier alpha value is -3.23. The zero-order valence-corrected chi connectivity index (χ0v) is 21.2. The fraction of sp³-hybridized carbons (Fsp3) is 0.357. The summed E-state index contributed by atoms with van der Waals surface area (Å²) in [6.45, 7) is 2.80. The van der Waals surface area contributed by atoms with Crippen LogP contribution in [0.2, 0.25) is 0 Å². The Morgan fingerprint density at radius 2 is 1.81 bits per heavy atom. The summed E-state index contributed by atoms with van der Waals surface area (Å²) in [6.07, 6.45) is 5.04. The predicted molar refractivity (Wildman–Crippen MR) is 140 cm³/mol. The van der Waals surface area contributed by atoms with Crippen LogP contribution in [0.15, 0.2) is 77.6 Å². The second-order valence-corrected chi connectivity index (χ2v) is 10.4. The van der Waals surface area contributed by atoms with Crippen LogP contribution >= 0.6 is 11.8 Å². The molecule has 2 saturated heterocycles. The molecular formula is C28H31N3O4S. The normalized spacial score (nSPS) is 20.9. The van der Waals surface area contributed by atoms with Gasteiger partial charge < -0.3 is 19.4 Å². The van der Waals surface area contributed by atoms with E-state index < -0.39 is 6.04 Å². The number of ether oxygens (including phenoxy) is 1. The lowest BCUT2D eigenvalue weighted by Gasteiger charge is -2.34. The third-order valence-electron chi connectivity index (χ3n) is 6.89. The van der Waals surface area contributed by atoms with Crippen LogP contribution in [0, 0.1) is 0 Å². The van der Waals surface area contributed by atoms with E-state index in [0.29, 0.717) is 17.1 Å². The summed E-state index contributed by atoms with van der Waals surface area (Å²) in [7, 11) is 1.59. The molecular weight excluding hydrogens is 474 g/mol. The van der Waals surface area contributed by atoms with Gasteiger partial charge in [-0.1, -0.05) is 30.3 Å². The van der Waals surface area contributed by atoms with E-state index in [-0.39, 0.29) is 23.2 Å². The van der Waals surface area contributed by atoms with E-state index in [2.05, 4.69) is 34.5 Å². The highest BCUT2D eigenvalue weighted by atomic mass is 32.2. The van der Waals surface area contributed by atoms with Gasteiger partial charge in [0, 0.05) is 42.6 Å². The molecule has 188 valence electrons. The Labute approximate surface area is 215 Å². The summed E-state index contributed by atoms with van der Waals surface area (Å²) >= 11 is 1.59. The molecule has 2 aliphatic rings. The maximum Gasteiger partial charge on any atom is 0.255 e. The molecule has 5 rings (SSSR count). The number of furan rings is 1. The van der Waals surface area contributed by atoms with Crippen molar-refractivity contribution in [1.29, 1.82) is 0 Å². The summed E-state index contributed by atoms with van der Waals surface area (Å²) in [5.74, 6) is 0.960. The Morgan fingerprint density at radius 1 is 1.06 bits per heavy atom. The van der Waals surface area contributed by atoms with Gasteiger partial charge in [-0.3, -0.25) is 14.5 Å². The van der Waals surface area contributed by atoms with Gasteiger partial charge in [0.25, 0.3) is 5.91 Å². The van der Waals surface area contributed by atoms with Crippen molar-refractivity contribution < 1.29 is 18.7 Å². The van der Waals surface area contributed by atoms with E-state index in [4.69, 9.17) is 9.15 Å². The number of hydrogen-bond donors (Lipinski definition) is 1. The molecule has 2 amide bonds. The first kappa shape index (κ1) is 24.5. The molecule has 2 unspecified atom stereocenters. The van der Waals surface area contributed by atoms with Crippen LogP contribution in [0.4, 0.5) is 0 Å². The van der Waals surface area contributed by atoms with E-state index in [9.17, 15) is 9.59 Å². The van der Waals surface area contributed by atoms with Crippen LogP contribution < -0.4 is 10.1 Å². The third-order valence-corrected chi connectivity index (χ3v) is 8.21. The van der Waals surface area contributed by atoms with Crippen LogP contribution in [0.3, 0.4) is 0 Å². The van der Waals surface area contributed by atoms with Crippen molar-refractivity contribution in [3.63, 3.8) is 0 Å². The minimum atomic E-state index is -0.549. The quantitative estimate of drug-likeness (QED) is 0.515. The fourth-order valence-electron chi connectivity index (χ4n) is 4.89. The van der Waals surface area contributed by atoms with E-state index >= 15 is 0 Å². The lowest BCUT2D eigenvalue weighted by atomic mass is 10.0. The Morgan fingerprint density at radius 3 is 2.47 bits per heavy atom. The van der Waals surface area contributed by atoms with Gasteiger partial charge >= 0.3 is 0 Å². The third kappa shape index (κ3) is 5.44. The number of carbonyl (C=O) groups is 2. The number of likely N-dealkylation sites (tertiary alicyclic amines) is 1. The molecule has 2 aliphatic heterocycles. The number of carbonyl (C=O) groups excluding carboxylic acids is 2. The number of piperidine rings is 1. The lowest BCUT2D eigenvalue weighted by Crippen LogP contribution is -2.52. The Balaban J connectivity index is 1.25. The molecule has 1 aromatic heterocycles. The molecule has 3 aromatic rings. The average molecular weight is 506 g/mol. The summed E-state index contributed by atoms with van der Waals surface area (Å²) < 4.78 is 10.5. The standard InChI is InChI=1S/C28H31N3O4S/c1-34-24-9-7-21(8-10-24)27(33)31-25(19-36-28(31)22-13-16-35-18-22)26(32)29-23-11-14-30(15-12-23)17-20-5-3-2-4-6-20/h2-10,13,16,18,23,25,28H,11-12,14-15,17,19H2,1H3,(H,29,32). The summed E-state index contributed by atoms with van der Waals surface area (Å²) in [5, 5.41) is 2.97. The number of amides is 2. The van der Waals surface area contributed by atoms with Gasteiger partial charge in [-0.25, -0.2) is 0 Å². The SMILES string of the molecule is COc1ccc(C(=O)N2C(C(=O)NC3CCN(Cc4ccccc4)CC3)CSC2c2ccoc2)cc1. The van der Waals surface area contributed by atoms with Crippen LogP contribution in [0.5, 0.6) is 5.75 Å². The van der Waals surface area contributed by atoms with Crippen molar-refractivity contribution in [2.24, 2.45) is 0 Å². The van der Waals surface area contributed by atoms with Crippen molar-refractivity contribution in [2.75, 3.05) is 26.0 Å². The molecule has 1 N–H and O–H groups in total. The minimum Gasteiger partial charge on any atom is -0.497 e. The van der Waals surface area contributed by atoms with Crippen molar-refractivity contribution in [3.8, 4) is 5.75 Å². The van der Waals surface area contributed by atoms with Gasteiger partial charge in [0.2, 0.25) is 5.91 Å². The second kappa shape index (κ2) is 11.2. The highest BCUT2D eigenvalue weighted by Crippen LogP contribution is 2.42. The zero-order chi connectivity index (χ0) is 24.9. The topological polar surface area (TPSA) is 75.0 Å². The van der Waals surface area contributed by atoms with Crippen LogP contribution in [-0.2, 0) is 11.3 Å². The molecule has 7 nitrogen and oxygen atoms in total. The van der Waals surface area contributed by atoms with Crippen LogP contribution in [0.25, 0.3) is 0 Å². The molecule has 0 spiro atoms. The van der Waals surface area contributed by atoms with E-state index in [1.54, 1.807) is 60.6 Å². The zero-order valence-electron chi connectivity index (χ0n) is 20.3. The molecule has 3 heterocycles. The summed E-state index contributed by atoms with van der Waals surface area (Å²) in [4.78, 5) is 31.2. The van der Waals surface area contributed by atoms with Crippen LogP contribution in [0.1, 0.15) is 39.7 Å². The molecule has 8 heteroatoms. The molecule has 36 heavy (non-hydrogen) atoms. The first-order chi connectivity index (χ1) is 17.6.